The maximum atomic E-state index is 12.2. The lowest BCUT2D eigenvalue weighted by Gasteiger charge is -2.45. The van der Waals surface area contributed by atoms with Gasteiger partial charge in [-0.3, -0.25) is 14.9 Å². The molecule has 0 heterocycles. The molecule has 7 amide bonds. The van der Waals surface area contributed by atoms with Gasteiger partial charge >= 0.3 is 48.5 Å². The van der Waals surface area contributed by atoms with Crippen molar-refractivity contribution in [2.45, 2.75) is 135 Å². The average Bonchev–Trinajstić information content (AvgIpc) is 3.33. The molecule has 0 aromatic rings. The second kappa shape index (κ2) is 39.9. The Bertz CT molecular complexity index is 1890. The molecule has 0 aliphatic rings. The molecule has 0 aromatic heterocycles. The number of carbonyl (C=O) groups is 10. The monoisotopic (exact) mass is 1120 g/mol. The predicted molar refractivity (Wildman–Crippen MR) is 280 cm³/mol. The lowest BCUT2D eigenvalue weighted by atomic mass is 10.2. The van der Waals surface area contributed by atoms with Gasteiger partial charge in [-0.25, -0.2) is 38.4 Å². The quantitative estimate of drug-likeness (QED) is 0.0102. The largest absolute Gasteiger partial charge is 0.450 e. The van der Waals surface area contributed by atoms with E-state index in [4.69, 9.17) is 23.4 Å². The van der Waals surface area contributed by atoms with Crippen LogP contribution in [0.15, 0.2) is 24.3 Å². The Morgan fingerprint density at radius 2 is 0.882 bits per heavy atom. The summed E-state index contributed by atoms with van der Waals surface area (Å²) < 4.78 is 45.6. The molecule has 0 aliphatic heterocycles. The number of amides is 7. The number of carbonyl (C=O) groups excluding carboxylic acids is 10. The number of ketones is 1. The third kappa shape index (κ3) is 38.1. The second-order valence-corrected chi connectivity index (χ2v) is 28.6. The smallest absolute Gasteiger partial charge is 0.411 e. The van der Waals surface area contributed by atoms with Crippen LogP contribution < -0.4 is 42.5 Å². The Balaban J connectivity index is 3.98. The molecule has 0 atom stereocenters. The zero-order chi connectivity index (χ0) is 57.4. The first-order chi connectivity index (χ1) is 35.8. The summed E-state index contributed by atoms with van der Waals surface area (Å²) in [4.78, 5) is 117. The van der Waals surface area contributed by atoms with E-state index in [1.54, 1.807) is 0 Å². The lowest BCUT2D eigenvalue weighted by Crippen LogP contribution is -2.56. The molecular weight excluding hydrogens is 1040 g/mol. The van der Waals surface area contributed by atoms with Gasteiger partial charge in [0.2, 0.25) is 13.6 Å². The van der Waals surface area contributed by atoms with Crippen molar-refractivity contribution in [3.63, 3.8) is 0 Å². The molecule has 76 heavy (non-hydrogen) atoms. The first-order valence-corrected chi connectivity index (χ1v) is 31.4. The molecule has 8 N–H and O–H groups in total. The molecule has 0 aromatic carbocycles. The SMILES string of the molecule is C=C(C)C(=O)OCOC(=O)NCNC(=O)COC(=O)NCCCCCNC(=O)OCCCC[Si](C)(C)C(C)(C)O[Si](C)(C)CCCCOC(=O)NCNCCCCC(=O)COC(=O)NCNC(=O)OCOC(=O)C(=C)C. The van der Waals surface area contributed by atoms with Crippen LogP contribution in [0.5, 0.6) is 0 Å². The fourth-order valence-corrected chi connectivity index (χ4v) is 12.3. The van der Waals surface area contributed by atoms with Crippen molar-refractivity contribution < 1.29 is 90.3 Å². The molecule has 0 fully saturated rings. The summed E-state index contributed by atoms with van der Waals surface area (Å²) in [6.45, 7) is 22.1. The van der Waals surface area contributed by atoms with Crippen molar-refractivity contribution in [3.05, 3.63) is 24.3 Å². The maximum Gasteiger partial charge on any atom is 0.411 e. The van der Waals surface area contributed by atoms with Gasteiger partial charge in [0.25, 0.3) is 5.91 Å². The first kappa shape index (κ1) is 69.5. The van der Waals surface area contributed by atoms with E-state index in [-0.39, 0.29) is 55.2 Å². The summed E-state index contributed by atoms with van der Waals surface area (Å²) >= 11 is 0. The van der Waals surface area contributed by atoms with Crippen LogP contribution in [-0.2, 0) is 61.5 Å². The van der Waals surface area contributed by atoms with Crippen LogP contribution in [-0.4, -0.2) is 161 Å². The molecule has 0 unspecified atom stereocenters. The molecule has 0 bridgehead atoms. The normalized spacial score (nSPS) is 11.1. The molecule has 434 valence electrons. The highest BCUT2D eigenvalue weighted by Gasteiger charge is 2.43. The number of hydrogen-bond acceptors (Lipinski definition) is 20. The summed E-state index contributed by atoms with van der Waals surface area (Å²) in [5.41, 5.74) is 0.277. The molecule has 0 saturated heterocycles. The Labute approximate surface area is 447 Å². The second-order valence-electron chi connectivity index (χ2n) is 18.9. The summed E-state index contributed by atoms with van der Waals surface area (Å²) in [5, 5.41) is 19.6. The standard InChI is InChI=1S/C47H84N8O19Si2/c1-35(2)39(58)70-33-72-45(64)53-31-51-38(57)29-69-42(61)50-23-14-11-13-22-49-41(60)66-24-16-18-26-75(7,8)47(5,6)74-76(9,10)27-19-17-25-67-43(62)52-30-48-21-15-12-20-37(56)28-68-44(63)54-32-55-46(65)73-34-71-40(59)36(3)4/h48H,1,3,11-34H2,2,4-10H3,(H,49,60)(H,50,61)(H,51,57)(H,52,62)(H,53,64)(H,54,63)(H,55,65). The van der Waals surface area contributed by atoms with Gasteiger partial charge in [0.15, 0.2) is 27.3 Å². The number of esters is 2. The minimum atomic E-state index is -2.06. The van der Waals surface area contributed by atoms with Crippen molar-refractivity contribution in [2.75, 3.05) is 79.7 Å². The number of ether oxygens (including phenoxy) is 8. The molecule has 29 heteroatoms. The van der Waals surface area contributed by atoms with Crippen LogP contribution in [0.2, 0.25) is 38.3 Å². The molecule has 0 aliphatic carbocycles. The van der Waals surface area contributed by atoms with Gasteiger partial charge in [0.1, 0.15) is 0 Å². The Kier molecular flexibility index (Phi) is 36.5. The number of nitrogens with one attached hydrogen (secondary N) is 8. The summed E-state index contributed by atoms with van der Waals surface area (Å²) in [5.74, 6) is -2.41. The van der Waals surface area contributed by atoms with Crippen LogP contribution in [0.1, 0.15) is 91.9 Å². The van der Waals surface area contributed by atoms with E-state index < -0.39 is 97.6 Å². The molecule has 0 rings (SSSR count). The molecule has 0 saturated carbocycles. The van der Waals surface area contributed by atoms with Crippen molar-refractivity contribution in [2.24, 2.45) is 0 Å². The zero-order valence-corrected chi connectivity index (χ0v) is 47.6. The highest BCUT2D eigenvalue weighted by Crippen LogP contribution is 2.34. The zero-order valence-electron chi connectivity index (χ0n) is 45.6. The van der Waals surface area contributed by atoms with Crippen LogP contribution in [0, 0.1) is 0 Å². The number of alkyl carbamates (subject to hydrolysis) is 6. The van der Waals surface area contributed by atoms with E-state index in [1.165, 1.54) is 13.8 Å². The van der Waals surface area contributed by atoms with Gasteiger partial charge in [-0.2, -0.15) is 0 Å². The van der Waals surface area contributed by atoms with Crippen molar-refractivity contribution in [3.8, 4) is 0 Å². The third-order valence-corrected chi connectivity index (χ3v) is 18.7. The predicted octanol–water partition coefficient (Wildman–Crippen LogP) is 4.79. The maximum absolute atomic E-state index is 12.2. The summed E-state index contributed by atoms with van der Waals surface area (Å²) in [6.07, 6.45) is 1.86. The van der Waals surface area contributed by atoms with Gasteiger partial charge in [-0.05, 0) is 98.3 Å². The number of hydrogen-bond donors (Lipinski definition) is 8. The van der Waals surface area contributed by atoms with Gasteiger partial charge in [0, 0.05) is 35.9 Å². The third-order valence-electron chi connectivity index (χ3n) is 10.9. The van der Waals surface area contributed by atoms with Crippen molar-refractivity contribution in [1.29, 1.82) is 0 Å². The lowest BCUT2D eigenvalue weighted by molar-refractivity contribution is -0.148. The van der Waals surface area contributed by atoms with E-state index in [9.17, 15) is 47.9 Å². The first-order valence-electron chi connectivity index (χ1n) is 25.0. The number of Topliss-reactive ketones (excluding diaryl/α,β-unsaturated/α-hetero) is 1. The van der Waals surface area contributed by atoms with Crippen LogP contribution in [0.4, 0.5) is 28.8 Å². The van der Waals surface area contributed by atoms with Gasteiger partial charge in [0.05, 0.1) is 41.3 Å². The molecule has 0 spiro atoms. The van der Waals surface area contributed by atoms with Gasteiger partial charge in [-0.1, -0.05) is 45.1 Å². The minimum Gasteiger partial charge on any atom is -0.450 e. The Morgan fingerprint density at radius 1 is 0.447 bits per heavy atom. The fraction of sp³-hybridized carbons (Fsp3) is 0.702. The van der Waals surface area contributed by atoms with E-state index in [1.807, 2.05) is 0 Å². The topological polar surface area (TPSA) is 350 Å². The molecule has 27 nitrogen and oxygen atoms in total. The number of rotatable bonds is 40. The fourth-order valence-electron chi connectivity index (χ4n) is 6.06. The van der Waals surface area contributed by atoms with Crippen molar-refractivity contribution >= 4 is 76.6 Å². The Morgan fingerprint density at radius 3 is 1.42 bits per heavy atom. The molecule has 0 radical (unpaired) electrons. The van der Waals surface area contributed by atoms with E-state index >= 15 is 0 Å². The highest BCUT2D eigenvalue weighted by atomic mass is 28.4. The Hall–Kier alpha value is -6.47. The van der Waals surface area contributed by atoms with Crippen LogP contribution in [0.25, 0.3) is 0 Å². The van der Waals surface area contributed by atoms with Crippen LogP contribution >= 0.6 is 0 Å². The molecular formula is C47H84N8O19Si2. The minimum absolute atomic E-state index is 0.138. The summed E-state index contributed by atoms with van der Waals surface area (Å²) in [7, 11) is -3.93. The van der Waals surface area contributed by atoms with E-state index in [2.05, 4.69) is 115 Å². The van der Waals surface area contributed by atoms with Gasteiger partial charge in [-0.15, -0.1) is 0 Å². The van der Waals surface area contributed by atoms with Crippen LogP contribution in [0.3, 0.4) is 0 Å². The average molecular weight is 1120 g/mol. The summed E-state index contributed by atoms with van der Waals surface area (Å²) in [6, 6.07) is 1.91. The number of unbranched alkanes of at least 4 members (excludes halogenated alkanes) is 5. The van der Waals surface area contributed by atoms with E-state index in [0.29, 0.717) is 64.8 Å². The van der Waals surface area contributed by atoms with Crippen molar-refractivity contribution in [1.82, 2.24) is 42.5 Å². The highest BCUT2D eigenvalue weighted by molar-refractivity contribution is 6.81. The van der Waals surface area contributed by atoms with E-state index in [0.717, 1.165) is 31.4 Å². The van der Waals surface area contributed by atoms with Gasteiger partial charge < -0.3 is 79.5 Å².